The summed E-state index contributed by atoms with van der Waals surface area (Å²) in [6.07, 6.45) is 2.43. The quantitative estimate of drug-likeness (QED) is 0.761. The largest absolute Gasteiger partial charge is 0.316 e. The number of thiophene rings is 1. The van der Waals surface area contributed by atoms with E-state index < -0.39 is 0 Å². The van der Waals surface area contributed by atoms with E-state index in [1.54, 1.807) is 11.3 Å². The molecule has 1 rings (SSSR count). The number of hydrogen-bond donors (Lipinski definition) is 1. The Labute approximate surface area is 91.5 Å². The van der Waals surface area contributed by atoms with Crippen molar-refractivity contribution in [2.24, 2.45) is 5.41 Å². The molecule has 0 aromatic carbocycles. The maximum absolute atomic E-state index is 3.46. The van der Waals surface area contributed by atoms with Crippen LogP contribution < -0.4 is 5.32 Å². The van der Waals surface area contributed by atoms with Crippen LogP contribution in [0.15, 0.2) is 16.8 Å². The lowest BCUT2D eigenvalue weighted by atomic mass is 9.82. The van der Waals surface area contributed by atoms with Gasteiger partial charge in [-0.3, -0.25) is 0 Å². The number of hydrogen-bond acceptors (Lipinski definition) is 2. The summed E-state index contributed by atoms with van der Waals surface area (Å²) in [6, 6.07) is 2.24. The van der Waals surface area contributed by atoms with Crippen LogP contribution in [0.5, 0.6) is 0 Å². The summed E-state index contributed by atoms with van der Waals surface area (Å²) >= 11 is 1.79. The zero-order valence-corrected chi connectivity index (χ0v) is 10.3. The minimum Gasteiger partial charge on any atom is -0.316 e. The molecule has 14 heavy (non-hydrogen) atoms. The zero-order valence-electron chi connectivity index (χ0n) is 9.47. The topological polar surface area (TPSA) is 12.0 Å². The second-order valence-corrected chi connectivity index (χ2v) is 5.03. The minimum atomic E-state index is 0.414. The SMILES string of the molecule is CCNCC(C)(CC)Cc1ccsc1. The van der Waals surface area contributed by atoms with Gasteiger partial charge in [-0.1, -0.05) is 20.8 Å². The van der Waals surface area contributed by atoms with Crippen molar-refractivity contribution in [2.75, 3.05) is 13.1 Å². The van der Waals surface area contributed by atoms with Crippen LogP contribution in [-0.4, -0.2) is 13.1 Å². The van der Waals surface area contributed by atoms with E-state index in [2.05, 4.69) is 42.9 Å². The van der Waals surface area contributed by atoms with Gasteiger partial charge in [0.1, 0.15) is 0 Å². The first-order valence-electron chi connectivity index (χ1n) is 5.42. The molecule has 1 heterocycles. The third-order valence-electron chi connectivity index (χ3n) is 2.87. The predicted octanol–water partition coefficient (Wildman–Crippen LogP) is 3.32. The molecule has 1 aromatic heterocycles. The first-order valence-corrected chi connectivity index (χ1v) is 6.36. The molecule has 0 bridgehead atoms. The van der Waals surface area contributed by atoms with Gasteiger partial charge >= 0.3 is 0 Å². The summed E-state index contributed by atoms with van der Waals surface area (Å²) in [5.74, 6) is 0. The van der Waals surface area contributed by atoms with Crippen molar-refractivity contribution in [1.29, 1.82) is 0 Å². The van der Waals surface area contributed by atoms with Gasteiger partial charge in [-0.05, 0) is 47.2 Å². The van der Waals surface area contributed by atoms with Crippen molar-refractivity contribution in [3.63, 3.8) is 0 Å². The van der Waals surface area contributed by atoms with Crippen molar-refractivity contribution in [3.8, 4) is 0 Å². The minimum absolute atomic E-state index is 0.414. The maximum atomic E-state index is 3.46. The van der Waals surface area contributed by atoms with Crippen molar-refractivity contribution < 1.29 is 0 Å². The summed E-state index contributed by atoms with van der Waals surface area (Å²) in [5, 5.41) is 7.88. The molecule has 1 unspecified atom stereocenters. The molecule has 0 aliphatic rings. The Balaban J connectivity index is 2.52. The molecule has 80 valence electrons. The van der Waals surface area contributed by atoms with Crippen LogP contribution in [0.3, 0.4) is 0 Å². The van der Waals surface area contributed by atoms with E-state index >= 15 is 0 Å². The lowest BCUT2D eigenvalue weighted by Crippen LogP contribution is -2.33. The first-order chi connectivity index (χ1) is 6.70. The van der Waals surface area contributed by atoms with E-state index in [1.165, 1.54) is 18.4 Å². The Morgan fingerprint density at radius 3 is 2.71 bits per heavy atom. The fraction of sp³-hybridized carbons (Fsp3) is 0.667. The van der Waals surface area contributed by atoms with Crippen LogP contribution in [0.25, 0.3) is 0 Å². The second-order valence-electron chi connectivity index (χ2n) is 4.25. The molecule has 0 amide bonds. The van der Waals surface area contributed by atoms with Gasteiger partial charge < -0.3 is 5.32 Å². The molecule has 0 aliphatic heterocycles. The maximum Gasteiger partial charge on any atom is 0.000813 e. The van der Waals surface area contributed by atoms with Crippen LogP contribution >= 0.6 is 11.3 Å². The fourth-order valence-electron chi connectivity index (χ4n) is 1.63. The van der Waals surface area contributed by atoms with Gasteiger partial charge in [0.15, 0.2) is 0 Å². The van der Waals surface area contributed by atoms with Gasteiger partial charge in [0.25, 0.3) is 0 Å². The Morgan fingerprint density at radius 1 is 1.43 bits per heavy atom. The average Bonchev–Trinajstić information content (AvgIpc) is 2.67. The molecular formula is C12H21NS. The highest BCUT2D eigenvalue weighted by Gasteiger charge is 2.21. The highest BCUT2D eigenvalue weighted by Crippen LogP contribution is 2.26. The van der Waals surface area contributed by atoms with Gasteiger partial charge in [-0.15, -0.1) is 0 Å². The summed E-state index contributed by atoms with van der Waals surface area (Å²) in [7, 11) is 0. The number of nitrogens with one attached hydrogen (secondary N) is 1. The summed E-state index contributed by atoms with van der Waals surface area (Å²) in [4.78, 5) is 0. The van der Waals surface area contributed by atoms with Crippen molar-refractivity contribution in [2.45, 2.75) is 33.6 Å². The third-order valence-corrected chi connectivity index (χ3v) is 3.60. The molecule has 1 atom stereocenters. The van der Waals surface area contributed by atoms with Gasteiger partial charge in [0, 0.05) is 6.54 Å². The molecule has 0 radical (unpaired) electrons. The Morgan fingerprint density at radius 2 is 2.21 bits per heavy atom. The lowest BCUT2D eigenvalue weighted by molar-refractivity contribution is 0.293. The van der Waals surface area contributed by atoms with Crippen molar-refractivity contribution in [1.82, 2.24) is 5.32 Å². The number of rotatable bonds is 6. The smallest absolute Gasteiger partial charge is 0.000813 e. The summed E-state index contributed by atoms with van der Waals surface area (Å²) in [6.45, 7) is 9.01. The Hall–Kier alpha value is -0.340. The van der Waals surface area contributed by atoms with Gasteiger partial charge in [-0.2, -0.15) is 11.3 Å². The average molecular weight is 211 g/mol. The molecule has 0 spiro atoms. The van der Waals surface area contributed by atoms with Crippen LogP contribution in [0.1, 0.15) is 32.8 Å². The van der Waals surface area contributed by atoms with Crippen LogP contribution in [0.2, 0.25) is 0 Å². The first kappa shape index (κ1) is 11.7. The molecule has 2 heteroatoms. The highest BCUT2D eigenvalue weighted by atomic mass is 32.1. The van der Waals surface area contributed by atoms with E-state index in [-0.39, 0.29) is 0 Å². The van der Waals surface area contributed by atoms with Crippen molar-refractivity contribution in [3.05, 3.63) is 22.4 Å². The normalized spacial score (nSPS) is 15.4. The lowest BCUT2D eigenvalue weighted by Gasteiger charge is -2.28. The van der Waals surface area contributed by atoms with Gasteiger partial charge in [0.2, 0.25) is 0 Å². The second kappa shape index (κ2) is 5.52. The molecule has 1 N–H and O–H groups in total. The monoisotopic (exact) mass is 211 g/mol. The van der Waals surface area contributed by atoms with Crippen LogP contribution in [-0.2, 0) is 6.42 Å². The van der Waals surface area contributed by atoms with E-state index in [4.69, 9.17) is 0 Å². The standard InChI is InChI=1S/C12H21NS/c1-4-12(3,10-13-5-2)8-11-6-7-14-9-11/h6-7,9,13H,4-5,8,10H2,1-3H3. The van der Waals surface area contributed by atoms with E-state index in [0.717, 1.165) is 13.1 Å². The molecule has 1 nitrogen and oxygen atoms in total. The predicted molar refractivity (Wildman–Crippen MR) is 65.0 cm³/mol. The van der Waals surface area contributed by atoms with Crippen molar-refractivity contribution >= 4 is 11.3 Å². The van der Waals surface area contributed by atoms with E-state index in [1.807, 2.05) is 0 Å². The van der Waals surface area contributed by atoms with Gasteiger partial charge in [-0.25, -0.2) is 0 Å². The molecular weight excluding hydrogens is 190 g/mol. The Bertz CT molecular complexity index is 243. The van der Waals surface area contributed by atoms with E-state index in [9.17, 15) is 0 Å². The molecule has 0 saturated heterocycles. The molecule has 1 aromatic rings. The van der Waals surface area contributed by atoms with E-state index in [0.29, 0.717) is 5.41 Å². The fourth-order valence-corrected chi connectivity index (χ4v) is 2.29. The third kappa shape index (κ3) is 3.43. The highest BCUT2D eigenvalue weighted by molar-refractivity contribution is 7.07. The Kier molecular flexibility index (Phi) is 4.63. The summed E-state index contributed by atoms with van der Waals surface area (Å²) < 4.78 is 0. The molecule has 0 saturated carbocycles. The van der Waals surface area contributed by atoms with Crippen LogP contribution in [0, 0.1) is 5.41 Å². The molecule has 0 aliphatic carbocycles. The molecule has 0 fully saturated rings. The van der Waals surface area contributed by atoms with Crippen LogP contribution in [0.4, 0.5) is 0 Å². The van der Waals surface area contributed by atoms with Gasteiger partial charge in [0.05, 0.1) is 0 Å². The zero-order chi connectivity index (χ0) is 10.4. The summed E-state index contributed by atoms with van der Waals surface area (Å²) in [5.41, 5.74) is 1.90.